The van der Waals surface area contributed by atoms with Crippen LogP contribution in [0, 0.1) is 0 Å². The molecule has 0 fully saturated rings. The topological polar surface area (TPSA) is 69.9 Å². The average molecular weight is 341 g/mol. The van der Waals surface area contributed by atoms with Crippen molar-refractivity contribution >= 4 is 16.9 Å². The number of methoxy groups -OCH3 is 2. The Bertz CT molecular complexity index is 871. The van der Waals surface area contributed by atoms with Crippen LogP contribution in [-0.2, 0) is 0 Å². The molecule has 1 heterocycles. The zero-order valence-electron chi connectivity index (χ0n) is 14.1. The Morgan fingerprint density at radius 3 is 2.64 bits per heavy atom. The highest BCUT2D eigenvalue weighted by atomic mass is 16.5. The van der Waals surface area contributed by atoms with Crippen molar-refractivity contribution in [3.05, 3.63) is 54.3 Å². The Hall–Kier alpha value is -3.15. The minimum Gasteiger partial charge on any atom is -0.497 e. The van der Waals surface area contributed by atoms with Crippen molar-refractivity contribution in [3.63, 3.8) is 0 Å². The molecule has 1 amide bonds. The maximum atomic E-state index is 12.2. The summed E-state index contributed by atoms with van der Waals surface area (Å²) in [5.74, 6) is 1.94. The minimum absolute atomic E-state index is 0.237. The van der Waals surface area contributed by atoms with Gasteiger partial charge in [-0.05, 0) is 24.3 Å². The Morgan fingerprint density at radius 1 is 1.04 bits per heavy atom. The molecule has 0 bridgehead atoms. The van der Waals surface area contributed by atoms with Crippen LogP contribution in [0.2, 0.25) is 0 Å². The largest absolute Gasteiger partial charge is 0.497 e. The van der Waals surface area contributed by atoms with Crippen molar-refractivity contribution in [2.24, 2.45) is 0 Å². The first-order chi connectivity index (χ1) is 12.2. The molecule has 0 saturated carbocycles. The van der Waals surface area contributed by atoms with Crippen molar-refractivity contribution in [1.29, 1.82) is 0 Å². The third-order valence-electron chi connectivity index (χ3n) is 3.65. The summed E-state index contributed by atoms with van der Waals surface area (Å²) in [4.78, 5) is 12.2. The van der Waals surface area contributed by atoms with Gasteiger partial charge in [0, 0.05) is 11.5 Å². The molecule has 6 heteroatoms. The van der Waals surface area contributed by atoms with Gasteiger partial charge in [0.05, 0.1) is 20.8 Å². The molecule has 25 heavy (non-hydrogen) atoms. The van der Waals surface area contributed by atoms with Gasteiger partial charge in [-0.1, -0.05) is 18.2 Å². The van der Waals surface area contributed by atoms with Gasteiger partial charge in [-0.2, -0.15) is 0 Å². The second kappa shape index (κ2) is 7.61. The molecule has 3 aromatic rings. The number of fused-ring (bicyclic) bond motifs is 1. The number of hydrogen-bond donors (Lipinski definition) is 1. The average Bonchev–Trinajstić information content (AvgIpc) is 3.09. The van der Waals surface area contributed by atoms with E-state index >= 15 is 0 Å². The van der Waals surface area contributed by atoms with Crippen LogP contribution in [0.4, 0.5) is 0 Å². The van der Waals surface area contributed by atoms with Gasteiger partial charge < -0.3 is 23.9 Å². The zero-order valence-corrected chi connectivity index (χ0v) is 14.1. The second-order valence-corrected chi connectivity index (χ2v) is 5.27. The van der Waals surface area contributed by atoms with E-state index < -0.39 is 0 Å². The van der Waals surface area contributed by atoms with Gasteiger partial charge in [0.2, 0.25) is 0 Å². The number of carbonyl (C=O) groups is 1. The van der Waals surface area contributed by atoms with Gasteiger partial charge in [0.15, 0.2) is 17.1 Å². The van der Waals surface area contributed by atoms with Crippen LogP contribution in [0.25, 0.3) is 11.0 Å². The monoisotopic (exact) mass is 341 g/mol. The first kappa shape index (κ1) is 16.7. The Kier molecular flexibility index (Phi) is 5.09. The van der Waals surface area contributed by atoms with E-state index in [-0.39, 0.29) is 11.7 Å². The van der Waals surface area contributed by atoms with Gasteiger partial charge in [-0.15, -0.1) is 0 Å². The van der Waals surface area contributed by atoms with Gasteiger partial charge >= 0.3 is 0 Å². The van der Waals surface area contributed by atoms with Gasteiger partial charge in [-0.25, -0.2) is 0 Å². The van der Waals surface area contributed by atoms with Crippen molar-refractivity contribution in [1.82, 2.24) is 5.32 Å². The van der Waals surface area contributed by atoms with Gasteiger partial charge in [0.25, 0.3) is 5.91 Å². The predicted molar refractivity (Wildman–Crippen MR) is 93.6 cm³/mol. The third kappa shape index (κ3) is 3.85. The minimum atomic E-state index is -0.299. The molecule has 1 N–H and O–H groups in total. The summed E-state index contributed by atoms with van der Waals surface area (Å²) in [6, 6.07) is 14.5. The molecule has 0 aliphatic heterocycles. The Balaban J connectivity index is 1.56. The SMILES string of the molecule is COc1cccc(OCCNC(=O)c2cc3cccc(OC)c3o2)c1. The van der Waals surface area contributed by atoms with E-state index in [0.29, 0.717) is 30.2 Å². The zero-order chi connectivity index (χ0) is 17.6. The third-order valence-corrected chi connectivity index (χ3v) is 3.65. The molecule has 0 spiro atoms. The smallest absolute Gasteiger partial charge is 0.287 e. The normalized spacial score (nSPS) is 10.5. The summed E-state index contributed by atoms with van der Waals surface area (Å²) in [5.41, 5.74) is 0.558. The number of ether oxygens (including phenoxy) is 3. The van der Waals surface area contributed by atoms with E-state index in [0.717, 1.165) is 11.1 Å². The van der Waals surface area contributed by atoms with Crippen LogP contribution in [0.15, 0.2) is 52.9 Å². The number of carbonyl (C=O) groups excluding carboxylic acids is 1. The van der Waals surface area contributed by atoms with E-state index in [2.05, 4.69) is 5.32 Å². The summed E-state index contributed by atoms with van der Waals surface area (Å²) in [7, 11) is 3.16. The summed E-state index contributed by atoms with van der Waals surface area (Å²) >= 11 is 0. The van der Waals surface area contributed by atoms with Crippen molar-refractivity contribution in [2.45, 2.75) is 0 Å². The van der Waals surface area contributed by atoms with E-state index in [1.165, 1.54) is 0 Å². The molecule has 0 radical (unpaired) electrons. The molecule has 130 valence electrons. The van der Waals surface area contributed by atoms with Crippen LogP contribution >= 0.6 is 0 Å². The number of rotatable bonds is 7. The molecular weight excluding hydrogens is 322 g/mol. The number of para-hydroxylation sites is 1. The summed E-state index contributed by atoms with van der Waals surface area (Å²) in [5, 5.41) is 3.58. The Morgan fingerprint density at radius 2 is 1.84 bits per heavy atom. The van der Waals surface area contributed by atoms with Crippen LogP contribution in [-0.4, -0.2) is 33.3 Å². The maximum Gasteiger partial charge on any atom is 0.287 e. The van der Waals surface area contributed by atoms with Gasteiger partial charge in [-0.3, -0.25) is 4.79 Å². The molecule has 2 aromatic carbocycles. The van der Waals surface area contributed by atoms with Crippen LogP contribution in [0.3, 0.4) is 0 Å². The molecule has 0 unspecified atom stereocenters. The van der Waals surface area contributed by atoms with Crippen LogP contribution in [0.1, 0.15) is 10.6 Å². The first-order valence-corrected chi connectivity index (χ1v) is 7.83. The summed E-state index contributed by atoms with van der Waals surface area (Å²) < 4.78 is 21.6. The van der Waals surface area contributed by atoms with E-state index in [1.54, 1.807) is 32.4 Å². The number of hydrogen-bond acceptors (Lipinski definition) is 5. The Labute approximate surface area is 145 Å². The number of benzene rings is 2. The number of furan rings is 1. The fourth-order valence-corrected chi connectivity index (χ4v) is 2.42. The van der Waals surface area contributed by atoms with E-state index in [4.69, 9.17) is 18.6 Å². The molecule has 0 aliphatic carbocycles. The lowest BCUT2D eigenvalue weighted by atomic mass is 10.2. The van der Waals surface area contributed by atoms with E-state index in [9.17, 15) is 4.79 Å². The molecule has 1 aromatic heterocycles. The molecular formula is C19H19NO5. The summed E-state index contributed by atoms with van der Waals surface area (Å²) in [6.45, 7) is 0.687. The molecule has 0 aliphatic rings. The number of amides is 1. The lowest BCUT2D eigenvalue weighted by Crippen LogP contribution is -2.27. The standard InChI is InChI=1S/C19H19NO5/c1-22-14-6-4-7-15(12-14)24-10-9-20-19(21)17-11-13-5-3-8-16(23-2)18(13)25-17/h3-8,11-12H,9-10H2,1-2H3,(H,20,21). The highest BCUT2D eigenvalue weighted by molar-refractivity contribution is 5.97. The predicted octanol–water partition coefficient (Wildman–Crippen LogP) is 3.26. The van der Waals surface area contributed by atoms with E-state index in [1.807, 2.05) is 30.3 Å². The van der Waals surface area contributed by atoms with Crippen molar-refractivity contribution in [3.8, 4) is 17.2 Å². The quantitative estimate of drug-likeness (QED) is 0.668. The molecule has 0 atom stereocenters. The van der Waals surface area contributed by atoms with Crippen LogP contribution in [0.5, 0.6) is 17.2 Å². The highest BCUT2D eigenvalue weighted by Gasteiger charge is 2.14. The van der Waals surface area contributed by atoms with Crippen molar-refractivity contribution in [2.75, 3.05) is 27.4 Å². The first-order valence-electron chi connectivity index (χ1n) is 7.83. The molecule has 0 saturated heterocycles. The highest BCUT2D eigenvalue weighted by Crippen LogP contribution is 2.28. The lowest BCUT2D eigenvalue weighted by Gasteiger charge is -2.08. The van der Waals surface area contributed by atoms with Crippen LogP contribution < -0.4 is 19.5 Å². The lowest BCUT2D eigenvalue weighted by molar-refractivity contribution is 0.0921. The molecule has 3 rings (SSSR count). The van der Waals surface area contributed by atoms with Gasteiger partial charge in [0.1, 0.15) is 18.1 Å². The number of nitrogens with one attached hydrogen (secondary N) is 1. The second-order valence-electron chi connectivity index (χ2n) is 5.27. The molecule has 6 nitrogen and oxygen atoms in total. The maximum absolute atomic E-state index is 12.2. The fourth-order valence-electron chi connectivity index (χ4n) is 2.42. The summed E-state index contributed by atoms with van der Waals surface area (Å²) in [6.07, 6.45) is 0. The fraction of sp³-hybridized carbons (Fsp3) is 0.211. The van der Waals surface area contributed by atoms with Crippen molar-refractivity contribution < 1.29 is 23.4 Å².